The number of carbonyl (C=O) groups is 1. The Bertz CT molecular complexity index is 452. The number of primary amides is 1. The van der Waals surface area contributed by atoms with Crippen LogP contribution in [0.4, 0.5) is 0 Å². The van der Waals surface area contributed by atoms with Crippen LogP contribution in [-0.4, -0.2) is 30.0 Å². The van der Waals surface area contributed by atoms with Crippen LogP contribution in [0, 0.1) is 5.92 Å². The minimum absolute atomic E-state index is 0.242. The fourth-order valence-electron chi connectivity index (χ4n) is 2.84. The monoisotopic (exact) mass is 312 g/mol. The quantitative estimate of drug-likeness (QED) is 0.879. The lowest BCUT2D eigenvalue weighted by Gasteiger charge is -2.36. The average molecular weight is 313 g/mol. The van der Waals surface area contributed by atoms with E-state index in [2.05, 4.69) is 24.4 Å². The van der Waals surface area contributed by atoms with Crippen molar-refractivity contribution in [2.24, 2.45) is 11.7 Å². The van der Waals surface area contributed by atoms with E-state index in [9.17, 15) is 4.79 Å². The number of benzene rings is 1. The molecular weight excluding hydrogens is 292 g/mol. The van der Waals surface area contributed by atoms with Gasteiger partial charge in [0.25, 0.3) is 0 Å². The van der Waals surface area contributed by atoms with Crippen LogP contribution in [0.15, 0.2) is 24.3 Å². The number of thioether (sulfide) groups is 1. The normalized spacial score (nSPS) is 24.3. The van der Waals surface area contributed by atoms with Gasteiger partial charge >= 0.3 is 0 Å². The lowest BCUT2D eigenvalue weighted by Crippen LogP contribution is -2.40. The van der Waals surface area contributed by atoms with Gasteiger partial charge in [0.05, 0.1) is 5.75 Å². The summed E-state index contributed by atoms with van der Waals surface area (Å²) in [6.07, 6.45) is 1.12. The Hall–Kier alpha value is -0.710. The van der Waals surface area contributed by atoms with Gasteiger partial charge in [-0.15, -0.1) is 11.8 Å². The van der Waals surface area contributed by atoms with Gasteiger partial charge in [0.2, 0.25) is 5.91 Å². The van der Waals surface area contributed by atoms with E-state index >= 15 is 0 Å². The Morgan fingerprint density at radius 2 is 2.20 bits per heavy atom. The predicted octanol–water partition coefficient (Wildman–Crippen LogP) is 2.64. The van der Waals surface area contributed by atoms with Crippen molar-refractivity contribution in [3.8, 4) is 0 Å². The van der Waals surface area contributed by atoms with E-state index in [0.29, 0.717) is 22.8 Å². The molecule has 0 radical (unpaired) electrons. The highest BCUT2D eigenvalue weighted by molar-refractivity contribution is 8.00. The molecule has 3 nitrogen and oxygen atoms in total. The van der Waals surface area contributed by atoms with Crippen molar-refractivity contribution in [2.75, 3.05) is 18.8 Å². The molecule has 0 saturated carbocycles. The van der Waals surface area contributed by atoms with Crippen molar-refractivity contribution in [1.82, 2.24) is 5.32 Å². The van der Waals surface area contributed by atoms with Gasteiger partial charge < -0.3 is 11.1 Å². The van der Waals surface area contributed by atoms with Crippen LogP contribution in [0.5, 0.6) is 0 Å². The Balaban J connectivity index is 2.08. The second-order valence-corrected chi connectivity index (χ2v) is 7.10. The van der Waals surface area contributed by atoms with E-state index in [0.717, 1.165) is 24.5 Å². The molecule has 1 aromatic rings. The molecule has 0 aromatic heterocycles. The SMILES string of the molecule is CC(SCC(N)=O)[C@H]1CNCC[C@@H]1c1ccc(Cl)cc1. The number of carbonyl (C=O) groups excluding carboxylic acids is 1. The van der Waals surface area contributed by atoms with Crippen LogP contribution in [0.2, 0.25) is 5.02 Å². The van der Waals surface area contributed by atoms with Gasteiger partial charge in [-0.05, 0) is 49.0 Å². The Morgan fingerprint density at radius 1 is 1.50 bits per heavy atom. The van der Waals surface area contributed by atoms with E-state index in [1.165, 1.54) is 5.56 Å². The Morgan fingerprint density at radius 3 is 2.85 bits per heavy atom. The van der Waals surface area contributed by atoms with Crippen LogP contribution >= 0.6 is 23.4 Å². The minimum atomic E-state index is -0.242. The molecule has 0 spiro atoms. The number of nitrogens with one attached hydrogen (secondary N) is 1. The Labute approximate surface area is 129 Å². The molecule has 1 aliphatic rings. The zero-order valence-electron chi connectivity index (χ0n) is 11.6. The van der Waals surface area contributed by atoms with Crippen molar-refractivity contribution in [2.45, 2.75) is 24.5 Å². The number of nitrogens with two attached hydrogens (primary N) is 1. The summed E-state index contributed by atoms with van der Waals surface area (Å²) in [4.78, 5) is 10.9. The largest absolute Gasteiger partial charge is 0.369 e. The van der Waals surface area contributed by atoms with Crippen molar-refractivity contribution >= 4 is 29.3 Å². The summed E-state index contributed by atoms with van der Waals surface area (Å²) in [5.41, 5.74) is 6.58. The summed E-state index contributed by atoms with van der Waals surface area (Å²) in [6, 6.07) is 8.15. The number of hydrogen-bond acceptors (Lipinski definition) is 3. The summed E-state index contributed by atoms with van der Waals surface area (Å²) in [5.74, 6) is 1.18. The summed E-state index contributed by atoms with van der Waals surface area (Å²) in [5, 5.41) is 4.63. The van der Waals surface area contributed by atoms with Gasteiger partial charge in [0.1, 0.15) is 0 Å². The molecule has 2 rings (SSSR count). The molecule has 0 aliphatic carbocycles. The standard InChI is InChI=1S/C15H21ClN2OS/c1-10(20-9-15(17)19)14-8-18-7-6-13(14)11-2-4-12(16)5-3-11/h2-5,10,13-14,18H,6-9H2,1H3,(H2,17,19)/t10?,13-,14-/m1/s1. The van der Waals surface area contributed by atoms with Gasteiger partial charge in [0, 0.05) is 10.3 Å². The Kier molecular flexibility index (Phi) is 5.75. The summed E-state index contributed by atoms with van der Waals surface area (Å²) in [6.45, 7) is 4.21. The molecule has 1 aliphatic heterocycles. The van der Waals surface area contributed by atoms with Gasteiger partial charge in [-0.2, -0.15) is 0 Å². The molecule has 20 heavy (non-hydrogen) atoms. The third kappa shape index (κ3) is 4.14. The number of halogens is 1. The number of rotatable bonds is 5. The average Bonchev–Trinajstić information content (AvgIpc) is 2.45. The zero-order chi connectivity index (χ0) is 14.5. The molecule has 1 saturated heterocycles. The van der Waals surface area contributed by atoms with Gasteiger partial charge in [-0.25, -0.2) is 0 Å². The summed E-state index contributed by atoms with van der Waals surface area (Å²) in [7, 11) is 0. The second kappa shape index (κ2) is 7.34. The van der Waals surface area contributed by atoms with Gasteiger partial charge in [-0.1, -0.05) is 30.7 Å². The first kappa shape index (κ1) is 15.7. The molecular formula is C15H21ClN2OS. The van der Waals surface area contributed by atoms with Crippen molar-refractivity contribution in [1.29, 1.82) is 0 Å². The van der Waals surface area contributed by atoms with Crippen LogP contribution in [-0.2, 0) is 4.79 Å². The molecule has 0 bridgehead atoms. The third-order valence-corrected chi connectivity index (χ3v) is 5.50. The maximum absolute atomic E-state index is 10.9. The van der Waals surface area contributed by atoms with Crippen LogP contribution < -0.4 is 11.1 Å². The highest BCUT2D eigenvalue weighted by Crippen LogP contribution is 2.36. The van der Waals surface area contributed by atoms with Crippen molar-refractivity contribution < 1.29 is 4.79 Å². The summed E-state index contributed by atoms with van der Waals surface area (Å²) < 4.78 is 0. The number of hydrogen-bond donors (Lipinski definition) is 2. The molecule has 1 heterocycles. The van der Waals surface area contributed by atoms with E-state index in [4.69, 9.17) is 17.3 Å². The molecule has 3 atom stereocenters. The smallest absolute Gasteiger partial charge is 0.227 e. The lowest BCUT2D eigenvalue weighted by atomic mass is 9.79. The molecule has 1 fully saturated rings. The van der Waals surface area contributed by atoms with Crippen LogP contribution in [0.25, 0.3) is 0 Å². The van der Waals surface area contributed by atoms with E-state index in [-0.39, 0.29) is 5.91 Å². The zero-order valence-corrected chi connectivity index (χ0v) is 13.2. The van der Waals surface area contributed by atoms with Gasteiger partial charge in [-0.3, -0.25) is 4.79 Å². The van der Waals surface area contributed by atoms with E-state index in [1.54, 1.807) is 11.8 Å². The van der Waals surface area contributed by atoms with Crippen molar-refractivity contribution in [3.05, 3.63) is 34.9 Å². The fraction of sp³-hybridized carbons (Fsp3) is 0.533. The number of piperidine rings is 1. The van der Waals surface area contributed by atoms with Crippen LogP contribution in [0.3, 0.4) is 0 Å². The first-order valence-electron chi connectivity index (χ1n) is 6.94. The lowest BCUT2D eigenvalue weighted by molar-refractivity contribution is -0.115. The molecule has 5 heteroatoms. The first-order valence-corrected chi connectivity index (χ1v) is 8.36. The topological polar surface area (TPSA) is 55.1 Å². The van der Waals surface area contributed by atoms with E-state index < -0.39 is 0 Å². The molecule has 1 aromatic carbocycles. The third-order valence-electron chi connectivity index (χ3n) is 3.92. The maximum Gasteiger partial charge on any atom is 0.227 e. The van der Waals surface area contributed by atoms with Gasteiger partial charge in [0.15, 0.2) is 0 Å². The highest BCUT2D eigenvalue weighted by Gasteiger charge is 2.30. The number of amides is 1. The molecule has 1 amide bonds. The van der Waals surface area contributed by atoms with Crippen molar-refractivity contribution in [3.63, 3.8) is 0 Å². The minimum Gasteiger partial charge on any atom is -0.369 e. The second-order valence-electron chi connectivity index (χ2n) is 5.30. The molecule has 3 N–H and O–H groups in total. The van der Waals surface area contributed by atoms with E-state index in [1.807, 2.05) is 12.1 Å². The summed E-state index contributed by atoms with van der Waals surface area (Å²) >= 11 is 7.62. The predicted molar refractivity (Wildman–Crippen MR) is 86.3 cm³/mol. The maximum atomic E-state index is 10.9. The molecule has 110 valence electrons. The molecule has 1 unspecified atom stereocenters. The first-order chi connectivity index (χ1) is 9.58. The van der Waals surface area contributed by atoms with Crippen LogP contribution in [0.1, 0.15) is 24.8 Å². The highest BCUT2D eigenvalue weighted by atomic mass is 35.5. The fourth-order valence-corrected chi connectivity index (χ4v) is 3.92.